The molecule has 0 saturated carbocycles. The van der Waals surface area contributed by atoms with Crippen molar-refractivity contribution in [3.63, 3.8) is 0 Å². The zero-order valence-corrected chi connectivity index (χ0v) is 32.2. The summed E-state index contributed by atoms with van der Waals surface area (Å²) in [5.41, 5.74) is 10.9. The maximum absolute atomic E-state index is 5.74. The van der Waals surface area contributed by atoms with E-state index in [0.29, 0.717) is 0 Å². The Labute approximate surface area is 327 Å². The van der Waals surface area contributed by atoms with Crippen LogP contribution in [0.3, 0.4) is 0 Å². The highest BCUT2D eigenvalue weighted by Crippen LogP contribution is 2.46. The summed E-state index contributed by atoms with van der Waals surface area (Å²) in [7, 11) is 5.12. The summed E-state index contributed by atoms with van der Waals surface area (Å²) >= 11 is 0. The first-order chi connectivity index (χ1) is 27.4. The predicted octanol–water partition coefficient (Wildman–Crippen LogP) is 13.8. The molecule has 0 heterocycles. The lowest BCUT2D eigenvalue weighted by atomic mass is 9.93. The average molecular weight is 731 g/mol. The van der Waals surface area contributed by atoms with Crippen LogP contribution in [0.1, 0.15) is 11.1 Å². The molecule has 0 aromatic heterocycles. The summed E-state index contributed by atoms with van der Waals surface area (Å²) in [6, 6.07) is 58.2. The minimum Gasteiger partial charge on any atom is -0.497 e. The van der Waals surface area contributed by atoms with E-state index < -0.39 is 0 Å². The van der Waals surface area contributed by atoms with E-state index in [1.165, 1.54) is 32.3 Å². The van der Waals surface area contributed by atoms with Gasteiger partial charge in [-0.15, -0.1) is 0 Å². The Bertz CT molecular complexity index is 2820. The summed E-state index contributed by atoms with van der Waals surface area (Å²) in [5, 5.41) is 7.54. The molecule has 0 atom stereocenters. The lowest BCUT2D eigenvalue weighted by molar-refractivity contribution is 0.414. The minimum atomic E-state index is 0.797. The van der Waals surface area contributed by atoms with E-state index in [1.807, 2.05) is 30.3 Å². The van der Waals surface area contributed by atoms with E-state index in [-0.39, 0.29) is 0 Å². The Hall–Kier alpha value is -6.98. The first kappa shape index (κ1) is 34.8. The molecule has 9 aromatic carbocycles. The molecule has 9 aromatic rings. The molecule has 0 aliphatic heterocycles. The second-order valence-corrected chi connectivity index (χ2v) is 14.2. The highest BCUT2D eigenvalue weighted by Gasteiger charge is 2.21. The van der Waals surface area contributed by atoms with Gasteiger partial charge < -0.3 is 24.0 Å². The number of hydrogen-bond donors (Lipinski definition) is 0. The zero-order valence-electron chi connectivity index (χ0n) is 32.2. The Balaban J connectivity index is 1.15. The van der Waals surface area contributed by atoms with Crippen LogP contribution >= 0.6 is 0 Å². The summed E-state index contributed by atoms with van der Waals surface area (Å²) < 4.78 is 17.0. The normalized spacial score (nSPS) is 11.3. The van der Waals surface area contributed by atoms with E-state index in [9.17, 15) is 0 Å². The van der Waals surface area contributed by atoms with E-state index in [2.05, 4.69) is 157 Å². The van der Waals surface area contributed by atoms with Crippen LogP contribution < -0.4 is 24.0 Å². The van der Waals surface area contributed by atoms with Crippen molar-refractivity contribution in [2.75, 3.05) is 31.1 Å². The second kappa shape index (κ2) is 14.3. The number of anilines is 6. The van der Waals surface area contributed by atoms with Gasteiger partial charge in [0, 0.05) is 52.0 Å². The lowest BCUT2D eigenvalue weighted by Crippen LogP contribution is -2.12. The summed E-state index contributed by atoms with van der Waals surface area (Å²) in [4.78, 5) is 4.63. The maximum atomic E-state index is 5.74. The topological polar surface area (TPSA) is 34.2 Å². The first-order valence-electron chi connectivity index (χ1n) is 18.8. The van der Waals surface area contributed by atoms with Crippen LogP contribution in [0, 0.1) is 13.8 Å². The van der Waals surface area contributed by atoms with Gasteiger partial charge in [0.05, 0.1) is 27.0 Å². The molecule has 0 aliphatic rings. The van der Waals surface area contributed by atoms with Gasteiger partial charge in [-0.05, 0) is 130 Å². The number of methoxy groups -OCH3 is 3. The number of rotatable bonds is 10. The molecule has 274 valence electrons. The van der Waals surface area contributed by atoms with Crippen molar-refractivity contribution >= 4 is 66.4 Å². The van der Waals surface area contributed by atoms with Gasteiger partial charge in [0.2, 0.25) is 0 Å². The van der Waals surface area contributed by atoms with Gasteiger partial charge in [0.1, 0.15) is 17.2 Å². The number of aryl methyl sites for hydroxylation is 2. The number of benzene rings is 9. The fourth-order valence-electron chi connectivity index (χ4n) is 8.17. The third kappa shape index (κ3) is 6.08. The maximum Gasteiger partial charge on any atom is 0.120 e. The third-order valence-corrected chi connectivity index (χ3v) is 10.9. The number of hydrogen-bond acceptors (Lipinski definition) is 5. The monoisotopic (exact) mass is 730 g/mol. The number of nitrogens with zero attached hydrogens (tertiary/aromatic N) is 2. The van der Waals surface area contributed by atoms with E-state index in [1.54, 1.807) is 21.3 Å². The molecule has 9 rings (SSSR count). The van der Waals surface area contributed by atoms with Crippen molar-refractivity contribution in [3.8, 4) is 28.4 Å². The second-order valence-electron chi connectivity index (χ2n) is 14.2. The summed E-state index contributed by atoms with van der Waals surface area (Å²) in [6.07, 6.45) is 0. The van der Waals surface area contributed by atoms with Gasteiger partial charge in [0.25, 0.3) is 0 Å². The largest absolute Gasteiger partial charge is 0.497 e. The number of ether oxygens (including phenoxy) is 3. The van der Waals surface area contributed by atoms with Crippen molar-refractivity contribution in [3.05, 3.63) is 175 Å². The molecular weight excluding hydrogens is 689 g/mol. The molecule has 0 fully saturated rings. The van der Waals surface area contributed by atoms with Crippen molar-refractivity contribution in [2.45, 2.75) is 13.8 Å². The molecule has 0 N–H and O–H groups in total. The third-order valence-electron chi connectivity index (χ3n) is 10.9. The Kier molecular flexibility index (Phi) is 8.91. The predicted molar refractivity (Wildman–Crippen MR) is 234 cm³/mol. The van der Waals surface area contributed by atoms with Crippen LogP contribution in [-0.4, -0.2) is 21.3 Å². The molecule has 5 nitrogen and oxygen atoms in total. The first-order valence-corrected chi connectivity index (χ1v) is 18.8. The summed E-state index contributed by atoms with van der Waals surface area (Å²) in [5.74, 6) is 2.41. The van der Waals surface area contributed by atoms with Gasteiger partial charge in [-0.1, -0.05) is 78.9 Å². The molecule has 0 amide bonds. The van der Waals surface area contributed by atoms with Gasteiger partial charge in [-0.2, -0.15) is 0 Å². The smallest absolute Gasteiger partial charge is 0.120 e. The molecular formula is C51H42N2O3. The van der Waals surface area contributed by atoms with Crippen LogP contribution in [0.4, 0.5) is 34.1 Å². The van der Waals surface area contributed by atoms with Crippen LogP contribution in [0.2, 0.25) is 0 Å². The molecule has 0 spiro atoms. The SMILES string of the molecule is COc1cccc(N(c2cccc(OC)c2)c2ccc(-c3ccc(N(c4cccc(OC)c4)c4ccc5ccc6cccc7ccc4c5c67)c(C)c3)cc2C)c1. The van der Waals surface area contributed by atoms with Crippen molar-refractivity contribution in [2.24, 2.45) is 0 Å². The lowest BCUT2D eigenvalue weighted by Gasteiger charge is -2.29. The highest BCUT2D eigenvalue weighted by molar-refractivity contribution is 6.25. The van der Waals surface area contributed by atoms with Crippen LogP contribution in [-0.2, 0) is 0 Å². The minimum absolute atomic E-state index is 0.797. The van der Waals surface area contributed by atoms with Crippen LogP contribution in [0.25, 0.3) is 43.4 Å². The summed E-state index contributed by atoms with van der Waals surface area (Å²) in [6.45, 7) is 4.38. The fourth-order valence-corrected chi connectivity index (χ4v) is 8.17. The molecule has 56 heavy (non-hydrogen) atoms. The highest BCUT2D eigenvalue weighted by atomic mass is 16.5. The fraction of sp³-hybridized carbons (Fsp3) is 0.0980. The molecule has 0 aliphatic carbocycles. The molecule has 0 saturated heterocycles. The van der Waals surface area contributed by atoms with Gasteiger partial charge >= 0.3 is 0 Å². The Morgan fingerprint density at radius 1 is 0.357 bits per heavy atom. The average Bonchev–Trinajstić information content (AvgIpc) is 3.24. The molecule has 5 heteroatoms. The van der Waals surface area contributed by atoms with Gasteiger partial charge in [0.15, 0.2) is 0 Å². The van der Waals surface area contributed by atoms with Crippen molar-refractivity contribution in [1.82, 2.24) is 0 Å². The van der Waals surface area contributed by atoms with E-state index in [4.69, 9.17) is 14.2 Å². The van der Waals surface area contributed by atoms with Gasteiger partial charge in [-0.3, -0.25) is 0 Å². The Morgan fingerprint density at radius 2 is 0.768 bits per heavy atom. The zero-order chi connectivity index (χ0) is 38.3. The molecule has 0 bridgehead atoms. The Morgan fingerprint density at radius 3 is 1.27 bits per heavy atom. The van der Waals surface area contributed by atoms with E-state index in [0.717, 1.165) is 73.6 Å². The van der Waals surface area contributed by atoms with E-state index >= 15 is 0 Å². The van der Waals surface area contributed by atoms with Crippen LogP contribution in [0.5, 0.6) is 17.2 Å². The van der Waals surface area contributed by atoms with Crippen molar-refractivity contribution < 1.29 is 14.2 Å². The van der Waals surface area contributed by atoms with Crippen LogP contribution in [0.15, 0.2) is 164 Å². The quantitative estimate of drug-likeness (QED) is 0.131. The van der Waals surface area contributed by atoms with Crippen molar-refractivity contribution in [1.29, 1.82) is 0 Å². The molecule has 0 radical (unpaired) electrons. The van der Waals surface area contributed by atoms with Gasteiger partial charge in [-0.25, -0.2) is 0 Å². The molecule has 0 unspecified atom stereocenters. The standard InChI is InChI=1S/C51H42N2O3/c1-33-28-38(22-25-47(33)52(40-12-7-15-43(30-40)54-3)41-13-8-16-44(31-41)55-4)39-23-26-48(34(2)29-39)53(42-14-9-17-45(32-42)56-5)49-27-21-37-19-18-35-10-6-11-36-20-24-46(49)51(37)50(35)36/h6-32H,1-5H3.